The molecule has 1 aliphatic heterocycles. The summed E-state index contributed by atoms with van der Waals surface area (Å²) in [6, 6.07) is 13.5. The quantitative estimate of drug-likeness (QED) is 0.435. The Morgan fingerprint density at radius 2 is 1.83 bits per heavy atom. The zero-order chi connectivity index (χ0) is 26.1. The number of nitrogens with one attached hydrogen (secondary N) is 1. The van der Waals surface area contributed by atoms with Crippen LogP contribution in [0.5, 0.6) is 11.6 Å². The van der Waals surface area contributed by atoms with Crippen LogP contribution in [0.3, 0.4) is 0 Å². The van der Waals surface area contributed by atoms with Gasteiger partial charge in [0.2, 0.25) is 5.88 Å². The highest BCUT2D eigenvalue weighted by Gasteiger charge is 2.43. The molecule has 0 bridgehead atoms. The van der Waals surface area contributed by atoms with Crippen molar-refractivity contribution in [2.45, 2.75) is 38.1 Å². The van der Waals surface area contributed by atoms with Crippen molar-refractivity contribution < 1.29 is 32.2 Å². The summed E-state index contributed by atoms with van der Waals surface area (Å²) in [4.78, 5) is 12.4. The number of alkyl carbamates (subject to hydrolysis) is 1. The van der Waals surface area contributed by atoms with Crippen LogP contribution in [0.1, 0.15) is 31.9 Å². The number of carbonyl (C=O) groups excluding carboxylic acids is 1. The van der Waals surface area contributed by atoms with Crippen molar-refractivity contribution >= 4 is 12.3 Å². The topological polar surface area (TPSA) is 74.6 Å². The van der Waals surface area contributed by atoms with Crippen molar-refractivity contribution in [3.8, 4) is 22.9 Å². The van der Waals surface area contributed by atoms with Crippen molar-refractivity contribution in [3.05, 3.63) is 72.3 Å². The number of alkyl halides is 3. The van der Waals surface area contributed by atoms with Gasteiger partial charge in [0, 0.05) is 17.8 Å². The molecule has 1 aliphatic rings. The van der Waals surface area contributed by atoms with Crippen molar-refractivity contribution in [3.63, 3.8) is 0 Å². The standard InChI is InChI=1S/C26H26F3N3O4/c1-5-32-22(35-20-11-9-18(10-12-20)26(27,28)29)14-21(31-32)17-7-6-8-19(13-17)25(15-34-16-25)30-23(33)36-24(2,3)4/h5-14H,1,15-16H2,2-4H3,(H,30,33). The maximum absolute atomic E-state index is 12.8. The van der Waals surface area contributed by atoms with Gasteiger partial charge in [-0.3, -0.25) is 0 Å². The molecule has 1 aromatic heterocycles. The number of rotatable bonds is 6. The molecule has 10 heteroatoms. The Labute approximate surface area is 206 Å². The minimum atomic E-state index is -4.43. The lowest BCUT2D eigenvalue weighted by Gasteiger charge is -2.42. The molecule has 2 aromatic carbocycles. The monoisotopic (exact) mass is 501 g/mol. The second kappa shape index (κ2) is 9.34. The Balaban J connectivity index is 1.57. The SMILES string of the molecule is C=Cn1nc(-c2cccc(C3(NC(=O)OC(C)(C)C)COC3)c2)cc1Oc1ccc(C(F)(F)F)cc1. The molecule has 1 amide bonds. The first-order valence-corrected chi connectivity index (χ1v) is 11.2. The molecule has 0 spiro atoms. The fraction of sp³-hybridized carbons (Fsp3) is 0.308. The molecule has 4 rings (SSSR count). The summed E-state index contributed by atoms with van der Waals surface area (Å²) in [5.41, 5.74) is -0.0413. The third-order valence-corrected chi connectivity index (χ3v) is 5.43. The molecular weight excluding hydrogens is 475 g/mol. The number of ether oxygens (including phenoxy) is 3. The van der Waals surface area contributed by atoms with Crippen molar-refractivity contribution in [2.75, 3.05) is 13.2 Å². The molecule has 1 saturated heterocycles. The number of nitrogens with zero attached hydrogens (tertiary/aromatic N) is 2. The van der Waals surface area contributed by atoms with Crippen LogP contribution >= 0.6 is 0 Å². The number of hydrogen-bond donors (Lipinski definition) is 1. The fourth-order valence-corrected chi connectivity index (χ4v) is 3.65. The molecule has 0 aliphatic carbocycles. The van der Waals surface area contributed by atoms with E-state index >= 15 is 0 Å². The number of carbonyl (C=O) groups is 1. The maximum atomic E-state index is 12.8. The van der Waals surface area contributed by atoms with Gasteiger partial charge in [-0.2, -0.15) is 18.3 Å². The summed E-state index contributed by atoms with van der Waals surface area (Å²) in [5.74, 6) is 0.497. The molecular formula is C26H26F3N3O4. The van der Waals surface area contributed by atoms with Crippen molar-refractivity contribution in [1.29, 1.82) is 0 Å². The van der Waals surface area contributed by atoms with Gasteiger partial charge in [0.15, 0.2) is 0 Å². The van der Waals surface area contributed by atoms with E-state index in [1.807, 2.05) is 24.3 Å². The molecule has 2 heterocycles. The molecule has 0 radical (unpaired) electrons. The minimum absolute atomic E-state index is 0.221. The van der Waals surface area contributed by atoms with Crippen LogP contribution in [-0.2, 0) is 21.2 Å². The van der Waals surface area contributed by atoms with E-state index in [0.717, 1.165) is 23.3 Å². The molecule has 0 saturated carbocycles. The van der Waals surface area contributed by atoms with Crippen LogP contribution in [0.25, 0.3) is 17.5 Å². The van der Waals surface area contributed by atoms with Crippen LogP contribution in [0.2, 0.25) is 0 Å². The van der Waals surface area contributed by atoms with E-state index in [0.29, 0.717) is 18.9 Å². The second-order valence-electron chi connectivity index (χ2n) is 9.40. The third kappa shape index (κ3) is 5.54. The smallest absolute Gasteiger partial charge is 0.416 e. The zero-order valence-corrected chi connectivity index (χ0v) is 20.1. The lowest BCUT2D eigenvalue weighted by atomic mass is 9.87. The van der Waals surface area contributed by atoms with E-state index in [-0.39, 0.29) is 11.6 Å². The average molecular weight is 502 g/mol. The van der Waals surface area contributed by atoms with Crippen LogP contribution in [0.4, 0.5) is 18.0 Å². The van der Waals surface area contributed by atoms with Crippen molar-refractivity contribution in [2.24, 2.45) is 0 Å². The molecule has 1 fully saturated rings. The first kappa shape index (κ1) is 25.3. The van der Waals surface area contributed by atoms with Gasteiger partial charge in [0.1, 0.15) is 16.9 Å². The Kier molecular flexibility index (Phi) is 6.57. The third-order valence-electron chi connectivity index (χ3n) is 5.43. The van der Waals surface area contributed by atoms with E-state index in [1.165, 1.54) is 23.0 Å². The Bertz CT molecular complexity index is 1260. The number of benzene rings is 2. The normalized spacial score (nSPS) is 15.1. The minimum Gasteiger partial charge on any atom is -0.444 e. The van der Waals surface area contributed by atoms with Crippen LogP contribution in [0, 0.1) is 0 Å². The average Bonchev–Trinajstić information content (AvgIpc) is 3.18. The van der Waals surface area contributed by atoms with Gasteiger partial charge < -0.3 is 19.5 Å². The fourth-order valence-electron chi connectivity index (χ4n) is 3.65. The summed E-state index contributed by atoms with van der Waals surface area (Å²) in [5, 5.41) is 7.40. The van der Waals surface area contributed by atoms with Crippen LogP contribution in [0.15, 0.2) is 61.2 Å². The number of halogens is 3. The Morgan fingerprint density at radius 1 is 1.14 bits per heavy atom. The lowest BCUT2D eigenvalue weighted by molar-refractivity contribution is -0.137. The summed E-state index contributed by atoms with van der Waals surface area (Å²) >= 11 is 0. The largest absolute Gasteiger partial charge is 0.444 e. The van der Waals surface area contributed by atoms with E-state index < -0.39 is 29.0 Å². The summed E-state index contributed by atoms with van der Waals surface area (Å²) in [6.07, 6.45) is -3.54. The van der Waals surface area contributed by atoms with Gasteiger partial charge in [-0.1, -0.05) is 24.8 Å². The van der Waals surface area contributed by atoms with E-state index in [2.05, 4.69) is 17.0 Å². The van der Waals surface area contributed by atoms with E-state index in [9.17, 15) is 18.0 Å². The maximum Gasteiger partial charge on any atom is 0.416 e. The molecule has 36 heavy (non-hydrogen) atoms. The molecule has 190 valence electrons. The zero-order valence-electron chi connectivity index (χ0n) is 20.1. The molecule has 0 unspecified atom stereocenters. The summed E-state index contributed by atoms with van der Waals surface area (Å²) in [7, 11) is 0. The number of amides is 1. The van der Waals surface area contributed by atoms with E-state index in [4.69, 9.17) is 14.2 Å². The molecule has 7 nitrogen and oxygen atoms in total. The lowest BCUT2D eigenvalue weighted by Crippen LogP contribution is -2.60. The Hall–Kier alpha value is -3.79. The second-order valence-corrected chi connectivity index (χ2v) is 9.40. The van der Waals surface area contributed by atoms with Gasteiger partial charge in [0.25, 0.3) is 0 Å². The highest BCUT2D eigenvalue weighted by atomic mass is 19.4. The summed E-state index contributed by atoms with van der Waals surface area (Å²) < 4.78 is 56.5. The molecule has 0 atom stereocenters. The highest BCUT2D eigenvalue weighted by Crippen LogP contribution is 2.35. The Morgan fingerprint density at radius 3 is 2.39 bits per heavy atom. The van der Waals surface area contributed by atoms with Crippen LogP contribution < -0.4 is 10.1 Å². The molecule has 1 N–H and O–H groups in total. The predicted octanol–water partition coefficient (Wildman–Crippen LogP) is 6.21. The van der Waals surface area contributed by atoms with Gasteiger partial charge in [-0.05, 0) is 56.7 Å². The van der Waals surface area contributed by atoms with E-state index in [1.54, 1.807) is 26.8 Å². The first-order valence-electron chi connectivity index (χ1n) is 11.2. The van der Waals surface area contributed by atoms with Gasteiger partial charge in [-0.25, -0.2) is 9.48 Å². The highest BCUT2D eigenvalue weighted by molar-refractivity contribution is 5.70. The van der Waals surface area contributed by atoms with Gasteiger partial charge in [-0.15, -0.1) is 0 Å². The molecule has 3 aromatic rings. The number of aromatic nitrogens is 2. The first-order chi connectivity index (χ1) is 16.9. The van der Waals surface area contributed by atoms with Gasteiger partial charge in [0.05, 0.1) is 24.5 Å². The van der Waals surface area contributed by atoms with Crippen LogP contribution in [-0.4, -0.2) is 34.7 Å². The summed E-state index contributed by atoms with van der Waals surface area (Å²) in [6.45, 7) is 9.67. The van der Waals surface area contributed by atoms with Crippen molar-refractivity contribution in [1.82, 2.24) is 15.1 Å². The van der Waals surface area contributed by atoms with Gasteiger partial charge >= 0.3 is 12.3 Å². The predicted molar refractivity (Wildman–Crippen MR) is 127 cm³/mol. The number of hydrogen-bond acceptors (Lipinski definition) is 5.